The van der Waals surface area contributed by atoms with E-state index in [2.05, 4.69) is 5.32 Å². The Morgan fingerprint density at radius 2 is 2.06 bits per heavy atom. The fourth-order valence-electron chi connectivity index (χ4n) is 1.67. The highest BCUT2D eigenvalue weighted by Gasteiger charge is 2.34. The van der Waals surface area contributed by atoms with E-state index in [0.29, 0.717) is 6.07 Å². The van der Waals surface area contributed by atoms with E-state index in [9.17, 15) is 22.4 Å². The van der Waals surface area contributed by atoms with Crippen molar-refractivity contribution in [1.29, 1.82) is 0 Å². The third-order valence-corrected chi connectivity index (χ3v) is 2.57. The predicted molar refractivity (Wildman–Crippen MR) is 53.1 cm³/mol. The molecule has 0 spiro atoms. The number of nitrogens with one attached hydrogen (secondary N) is 1. The van der Waals surface area contributed by atoms with Gasteiger partial charge in [-0.2, -0.15) is 13.2 Å². The molecule has 1 aromatic carbocycles. The minimum Gasteiger partial charge on any atom is -0.362 e. The number of amides is 1. The van der Waals surface area contributed by atoms with Gasteiger partial charge < -0.3 is 10.1 Å². The largest absolute Gasteiger partial charge is 0.419 e. The molecule has 0 saturated carbocycles. The maximum absolute atomic E-state index is 13.3. The van der Waals surface area contributed by atoms with Gasteiger partial charge in [0.1, 0.15) is 18.5 Å². The molecule has 0 unspecified atom stereocenters. The van der Waals surface area contributed by atoms with Crippen molar-refractivity contribution in [1.82, 2.24) is 5.32 Å². The van der Waals surface area contributed by atoms with Crippen molar-refractivity contribution in [2.24, 2.45) is 0 Å². The highest BCUT2D eigenvalue weighted by atomic mass is 19.4. The first-order chi connectivity index (χ1) is 8.38. The third-order valence-electron chi connectivity index (χ3n) is 2.57. The number of ether oxygens (including phenoxy) is 1. The lowest BCUT2D eigenvalue weighted by molar-refractivity contribution is -0.140. The molecule has 1 aliphatic heterocycles. The Labute approximate surface area is 99.7 Å². The topological polar surface area (TPSA) is 38.3 Å². The quantitative estimate of drug-likeness (QED) is 0.787. The van der Waals surface area contributed by atoms with Crippen molar-refractivity contribution < 1.29 is 27.1 Å². The Morgan fingerprint density at radius 1 is 1.33 bits per heavy atom. The number of rotatable bonds is 1. The SMILES string of the molecule is O=C1CO[C@@H](c2ccc(C(F)(F)F)c(F)c2)CN1. The molecule has 1 heterocycles. The standard InChI is InChI=1S/C11H9F4NO2/c12-8-3-6(1-2-7(8)11(13,14)15)9-4-16-10(17)5-18-9/h1-3,9H,4-5H2,(H,16,17)/t9-/m1/s1. The summed E-state index contributed by atoms with van der Waals surface area (Å²) in [5, 5.41) is 2.49. The number of halogens is 4. The maximum Gasteiger partial charge on any atom is 0.419 e. The fraction of sp³-hybridized carbons (Fsp3) is 0.364. The molecule has 1 aromatic rings. The number of morpholine rings is 1. The molecular weight excluding hydrogens is 254 g/mol. The van der Waals surface area contributed by atoms with Gasteiger partial charge in [0.25, 0.3) is 0 Å². The molecule has 1 amide bonds. The van der Waals surface area contributed by atoms with Crippen LogP contribution in [0.5, 0.6) is 0 Å². The second-order valence-corrected chi connectivity index (χ2v) is 3.84. The Hall–Kier alpha value is -1.63. The summed E-state index contributed by atoms with van der Waals surface area (Å²) in [4.78, 5) is 10.8. The molecule has 98 valence electrons. The van der Waals surface area contributed by atoms with Gasteiger partial charge in [-0.25, -0.2) is 4.39 Å². The van der Waals surface area contributed by atoms with Gasteiger partial charge in [-0.1, -0.05) is 6.07 Å². The summed E-state index contributed by atoms with van der Waals surface area (Å²) >= 11 is 0. The highest BCUT2D eigenvalue weighted by molar-refractivity contribution is 5.77. The first-order valence-electron chi connectivity index (χ1n) is 5.13. The van der Waals surface area contributed by atoms with Crippen LogP contribution >= 0.6 is 0 Å². The van der Waals surface area contributed by atoms with Crippen molar-refractivity contribution >= 4 is 5.91 Å². The van der Waals surface area contributed by atoms with Crippen LogP contribution in [0.15, 0.2) is 18.2 Å². The first-order valence-corrected chi connectivity index (χ1v) is 5.13. The zero-order chi connectivity index (χ0) is 13.3. The fourth-order valence-corrected chi connectivity index (χ4v) is 1.67. The molecule has 18 heavy (non-hydrogen) atoms. The second-order valence-electron chi connectivity index (χ2n) is 3.84. The molecule has 7 heteroatoms. The summed E-state index contributed by atoms with van der Waals surface area (Å²) in [5.41, 5.74) is -1.05. The van der Waals surface area contributed by atoms with Crippen LogP contribution in [0.4, 0.5) is 17.6 Å². The number of hydrogen-bond acceptors (Lipinski definition) is 2. The van der Waals surface area contributed by atoms with Gasteiger partial charge in [-0.05, 0) is 17.7 Å². The molecule has 1 atom stereocenters. The zero-order valence-corrected chi connectivity index (χ0v) is 9.05. The molecule has 1 N–H and O–H groups in total. The molecule has 3 nitrogen and oxygen atoms in total. The van der Waals surface area contributed by atoms with E-state index >= 15 is 0 Å². The van der Waals surface area contributed by atoms with Crippen LogP contribution in [-0.2, 0) is 15.7 Å². The third kappa shape index (κ3) is 2.61. The summed E-state index contributed by atoms with van der Waals surface area (Å²) in [6, 6.07) is 2.60. The van der Waals surface area contributed by atoms with Crippen molar-refractivity contribution in [2.75, 3.05) is 13.2 Å². The molecule has 1 fully saturated rings. The van der Waals surface area contributed by atoms with Crippen LogP contribution in [0.1, 0.15) is 17.2 Å². The van der Waals surface area contributed by atoms with Crippen LogP contribution < -0.4 is 5.32 Å². The van der Waals surface area contributed by atoms with Gasteiger partial charge in [0.2, 0.25) is 5.91 Å². The summed E-state index contributed by atoms with van der Waals surface area (Å²) in [6.07, 6.45) is -5.34. The molecule has 1 aliphatic rings. The average molecular weight is 263 g/mol. The van der Waals surface area contributed by atoms with Gasteiger partial charge in [0, 0.05) is 6.54 Å². The van der Waals surface area contributed by atoms with Crippen molar-refractivity contribution in [2.45, 2.75) is 12.3 Å². The first kappa shape index (κ1) is 12.8. The minimum atomic E-state index is -4.72. The molecule has 0 aromatic heterocycles. The van der Waals surface area contributed by atoms with Crippen LogP contribution in [0.25, 0.3) is 0 Å². The van der Waals surface area contributed by atoms with E-state index in [1.54, 1.807) is 0 Å². The molecule has 1 saturated heterocycles. The van der Waals surface area contributed by atoms with Crippen molar-refractivity contribution in [3.05, 3.63) is 35.1 Å². The van der Waals surface area contributed by atoms with Gasteiger partial charge in [0.15, 0.2) is 0 Å². The highest BCUT2D eigenvalue weighted by Crippen LogP contribution is 2.33. The van der Waals surface area contributed by atoms with Crippen LogP contribution in [0.2, 0.25) is 0 Å². The monoisotopic (exact) mass is 263 g/mol. The molecule has 0 radical (unpaired) electrons. The minimum absolute atomic E-state index is 0.115. The Bertz CT molecular complexity index is 463. The number of carbonyl (C=O) groups is 1. The Balaban J connectivity index is 2.21. The summed E-state index contributed by atoms with van der Waals surface area (Å²) < 4.78 is 55.4. The summed E-state index contributed by atoms with van der Waals surface area (Å²) in [6.45, 7) is -0.0725. The van der Waals surface area contributed by atoms with Crippen LogP contribution in [0.3, 0.4) is 0 Å². The van der Waals surface area contributed by atoms with Crippen LogP contribution in [0, 0.1) is 5.82 Å². The van der Waals surface area contributed by atoms with Gasteiger partial charge in [-0.15, -0.1) is 0 Å². The lowest BCUT2D eigenvalue weighted by Crippen LogP contribution is -2.38. The van der Waals surface area contributed by atoms with E-state index in [4.69, 9.17) is 4.74 Å². The average Bonchev–Trinajstić information content (AvgIpc) is 2.28. The van der Waals surface area contributed by atoms with E-state index in [0.717, 1.165) is 12.1 Å². The zero-order valence-electron chi connectivity index (χ0n) is 9.05. The lowest BCUT2D eigenvalue weighted by atomic mass is 10.1. The number of benzene rings is 1. The summed E-state index contributed by atoms with van der Waals surface area (Å²) in [5.74, 6) is -1.65. The second kappa shape index (κ2) is 4.56. The van der Waals surface area contributed by atoms with E-state index < -0.39 is 23.7 Å². The van der Waals surface area contributed by atoms with Gasteiger partial charge >= 0.3 is 6.18 Å². The maximum atomic E-state index is 13.3. The molecule has 0 bridgehead atoms. The molecule has 0 aliphatic carbocycles. The molecular formula is C11H9F4NO2. The lowest BCUT2D eigenvalue weighted by Gasteiger charge is -2.23. The van der Waals surface area contributed by atoms with Gasteiger partial charge in [-0.3, -0.25) is 4.79 Å². The smallest absolute Gasteiger partial charge is 0.362 e. The van der Waals surface area contributed by atoms with E-state index in [-0.39, 0.29) is 24.6 Å². The van der Waals surface area contributed by atoms with E-state index in [1.807, 2.05) is 0 Å². The number of alkyl halides is 3. The predicted octanol–water partition coefficient (Wildman–Crippen LogP) is 2.03. The normalized spacial score (nSPS) is 20.7. The summed E-state index contributed by atoms with van der Waals surface area (Å²) in [7, 11) is 0. The number of carbonyl (C=O) groups excluding carboxylic acids is 1. The van der Waals surface area contributed by atoms with Crippen molar-refractivity contribution in [3.8, 4) is 0 Å². The van der Waals surface area contributed by atoms with Crippen molar-refractivity contribution in [3.63, 3.8) is 0 Å². The van der Waals surface area contributed by atoms with Crippen LogP contribution in [-0.4, -0.2) is 19.1 Å². The number of hydrogen-bond donors (Lipinski definition) is 1. The Morgan fingerprint density at radius 3 is 2.56 bits per heavy atom. The van der Waals surface area contributed by atoms with Gasteiger partial charge in [0.05, 0.1) is 5.56 Å². The Kier molecular flexibility index (Phi) is 3.25. The molecule has 2 rings (SSSR count). The van der Waals surface area contributed by atoms with E-state index in [1.165, 1.54) is 0 Å².